The lowest BCUT2D eigenvalue weighted by Gasteiger charge is -2.31. The molecule has 2 heterocycles. The van der Waals surface area contributed by atoms with Crippen molar-refractivity contribution >= 4 is 40.5 Å². The molecule has 0 atom stereocenters. The Kier molecular flexibility index (Phi) is 4.35. The summed E-state index contributed by atoms with van der Waals surface area (Å²) in [6.45, 7) is 0.0185. The van der Waals surface area contributed by atoms with Crippen molar-refractivity contribution in [2.45, 2.75) is 12.8 Å². The highest BCUT2D eigenvalue weighted by Crippen LogP contribution is 2.44. The Morgan fingerprint density at radius 2 is 1.45 bits per heavy atom. The first-order chi connectivity index (χ1) is 15.4. The van der Waals surface area contributed by atoms with Crippen LogP contribution >= 0.6 is 0 Å². The van der Waals surface area contributed by atoms with Crippen LogP contribution in [0.3, 0.4) is 0 Å². The fourth-order valence-electron chi connectivity index (χ4n) is 4.71. The van der Waals surface area contributed by atoms with Crippen molar-refractivity contribution in [3.05, 3.63) is 115 Å². The molecule has 4 aromatic rings. The largest absolute Gasteiger partial charge is 0.421 e. The van der Waals surface area contributed by atoms with E-state index >= 15 is 0 Å². The van der Waals surface area contributed by atoms with Crippen LogP contribution in [0.15, 0.2) is 115 Å². The topological polar surface area (TPSA) is 19.4 Å². The van der Waals surface area contributed by atoms with Gasteiger partial charge in [-0.3, -0.25) is 0 Å². The normalized spacial score (nSPS) is 15.4. The van der Waals surface area contributed by atoms with Crippen molar-refractivity contribution in [1.82, 2.24) is 4.98 Å². The lowest BCUT2D eigenvalue weighted by atomic mass is 9.64. The average Bonchev–Trinajstić information content (AvgIpc) is 3.20. The third kappa shape index (κ3) is 3.03. The standard InChI is InChI=1S/C27H22BN3/c1-3-12-22(13-4-1)28-30(23-14-5-2-6-15-23)25-17-9-10-18-26(25)31(28)27-20-19-21-11-7-8-16-24(21)29-27/h1-5,7-14,16-20H,6,15H2. The summed E-state index contributed by atoms with van der Waals surface area (Å²) in [6, 6.07) is 32.1. The molecule has 1 aromatic heterocycles. The van der Waals surface area contributed by atoms with E-state index in [-0.39, 0.29) is 6.98 Å². The van der Waals surface area contributed by atoms with E-state index in [1.54, 1.807) is 0 Å². The second-order valence-electron chi connectivity index (χ2n) is 8.00. The average molecular weight is 399 g/mol. The monoisotopic (exact) mass is 399 g/mol. The lowest BCUT2D eigenvalue weighted by Crippen LogP contribution is -2.54. The molecule has 0 radical (unpaired) electrons. The van der Waals surface area contributed by atoms with Crippen LogP contribution in [-0.4, -0.2) is 12.0 Å². The van der Waals surface area contributed by atoms with Crippen molar-refractivity contribution < 1.29 is 0 Å². The quantitative estimate of drug-likeness (QED) is 0.405. The smallest absolute Gasteiger partial charge is 0.363 e. The zero-order valence-electron chi connectivity index (χ0n) is 17.2. The van der Waals surface area contributed by atoms with Crippen molar-refractivity contribution in [1.29, 1.82) is 0 Å². The van der Waals surface area contributed by atoms with Crippen molar-refractivity contribution in [3.63, 3.8) is 0 Å². The summed E-state index contributed by atoms with van der Waals surface area (Å²) in [4.78, 5) is 9.95. The fourth-order valence-corrected chi connectivity index (χ4v) is 4.71. The first kappa shape index (κ1) is 18.0. The molecule has 0 N–H and O–H groups in total. The molecule has 0 spiro atoms. The minimum absolute atomic E-state index is 0.0185. The number of nitrogens with zero attached hydrogens (tertiary/aromatic N) is 3. The van der Waals surface area contributed by atoms with Crippen molar-refractivity contribution in [2.24, 2.45) is 0 Å². The van der Waals surface area contributed by atoms with E-state index in [1.807, 2.05) is 0 Å². The molecular weight excluding hydrogens is 377 g/mol. The minimum atomic E-state index is 0.0185. The summed E-state index contributed by atoms with van der Waals surface area (Å²) >= 11 is 0. The molecule has 4 heteroatoms. The second-order valence-corrected chi connectivity index (χ2v) is 8.00. The molecule has 3 nitrogen and oxygen atoms in total. The van der Waals surface area contributed by atoms with Gasteiger partial charge in [-0.05, 0) is 54.7 Å². The first-order valence-corrected chi connectivity index (χ1v) is 10.8. The number of hydrogen-bond acceptors (Lipinski definition) is 3. The van der Waals surface area contributed by atoms with Gasteiger partial charge in [0.2, 0.25) is 0 Å². The third-order valence-electron chi connectivity index (χ3n) is 6.12. The Bertz CT molecular complexity index is 1310. The summed E-state index contributed by atoms with van der Waals surface area (Å²) in [6.07, 6.45) is 8.78. The number of anilines is 3. The highest BCUT2D eigenvalue weighted by molar-refractivity contribution is 6.83. The van der Waals surface area contributed by atoms with Gasteiger partial charge in [-0.1, -0.05) is 72.8 Å². The van der Waals surface area contributed by atoms with E-state index in [9.17, 15) is 0 Å². The van der Waals surface area contributed by atoms with Crippen LogP contribution in [0.2, 0.25) is 0 Å². The van der Waals surface area contributed by atoms with Crippen LogP contribution in [0.5, 0.6) is 0 Å². The highest BCUT2D eigenvalue weighted by Gasteiger charge is 2.44. The molecule has 0 bridgehead atoms. The Morgan fingerprint density at radius 3 is 2.26 bits per heavy atom. The van der Waals surface area contributed by atoms with Gasteiger partial charge in [0, 0.05) is 11.1 Å². The van der Waals surface area contributed by atoms with E-state index in [0.717, 1.165) is 29.6 Å². The Labute approximate surface area is 183 Å². The van der Waals surface area contributed by atoms with Gasteiger partial charge in [0.15, 0.2) is 0 Å². The molecule has 1 aliphatic heterocycles. The van der Waals surface area contributed by atoms with E-state index in [2.05, 4.69) is 119 Å². The van der Waals surface area contributed by atoms with Gasteiger partial charge in [-0.15, -0.1) is 0 Å². The maximum Gasteiger partial charge on any atom is 0.421 e. The summed E-state index contributed by atoms with van der Waals surface area (Å²) in [5.41, 5.74) is 6.03. The van der Waals surface area contributed by atoms with Gasteiger partial charge in [0.25, 0.3) is 0 Å². The number of fused-ring (bicyclic) bond motifs is 2. The number of para-hydroxylation sites is 3. The maximum absolute atomic E-state index is 5.08. The number of aromatic nitrogens is 1. The summed E-state index contributed by atoms with van der Waals surface area (Å²) in [7, 11) is 0. The minimum Gasteiger partial charge on any atom is -0.363 e. The first-order valence-electron chi connectivity index (χ1n) is 10.8. The molecule has 0 fully saturated rings. The molecule has 148 valence electrons. The predicted octanol–water partition coefficient (Wildman–Crippen LogP) is 5.82. The number of benzene rings is 3. The van der Waals surface area contributed by atoms with Crippen molar-refractivity contribution in [2.75, 3.05) is 9.62 Å². The summed E-state index contributed by atoms with van der Waals surface area (Å²) in [5, 5.41) is 1.16. The zero-order chi connectivity index (χ0) is 20.6. The fraction of sp³-hybridized carbons (Fsp3) is 0.0741. The van der Waals surface area contributed by atoms with E-state index < -0.39 is 0 Å². The maximum atomic E-state index is 5.08. The number of pyridine rings is 1. The molecule has 0 saturated heterocycles. The summed E-state index contributed by atoms with van der Waals surface area (Å²) < 4.78 is 0. The number of rotatable bonds is 3. The van der Waals surface area contributed by atoms with Gasteiger partial charge in [0.1, 0.15) is 5.82 Å². The van der Waals surface area contributed by atoms with E-state index in [0.29, 0.717) is 0 Å². The van der Waals surface area contributed by atoms with Gasteiger partial charge < -0.3 is 9.62 Å². The van der Waals surface area contributed by atoms with Crippen LogP contribution in [0, 0.1) is 0 Å². The molecule has 0 unspecified atom stereocenters. The Balaban J connectivity index is 1.59. The van der Waals surface area contributed by atoms with Gasteiger partial charge in [0.05, 0.1) is 16.9 Å². The molecule has 6 rings (SSSR count). The van der Waals surface area contributed by atoms with Gasteiger partial charge in [-0.2, -0.15) is 0 Å². The van der Waals surface area contributed by atoms with Crippen LogP contribution in [0.1, 0.15) is 12.8 Å². The van der Waals surface area contributed by atoms with Crippen LogP contribution in [0.4, 0.5) is 17.2 Å². The predicted molar refractivity (Wildman–Crippen MR) is 131 cm³/mol. The van der Waals surface area contributed by atoms with Crippen LogP contribution in [-0.2, 0) is 0 Å². The molecule has 0 amide bonds. The number of allylic oxidation sites excluding steroid dienone is 4. The zero-order valence-corrected chi connectivity index (χ0v) is 17.2. The molecular formula is C27H22BN3. The molecule has 2 aliphatic rings. The lowest BCUT2D eigenvalue weighted by molar-refractivity contribution is 0.937. The van der Waals surface area contributed by atoms with Crippen LogP contribution < -0.4 is 15.1 Å². The molecule has 31 heavy (non-hydrogen) atoms. The second kappa shape index (κ2) is 7.48. The molecule has 0 saturated carbocycles. The molecule has 3 aromatic carbocycles. The molecule has 1 aliphatic carbocycles. The highest BCUT2D eigenvalue weighted by atomic mass is 15.3. The SMILES string of the molecule is C1=CCCC(N2B(c3ccccc3)N(c3ccc4ccccc4n3)c3ccccc32)=C1. The van der Waals surface area contributed by atoms with Crippen LogP contribution in [0.25, 0.3) is 10.9 Å². The van der Waals surface area contributed by atoms with E-state index in [4.69, 9.17) is 4.98 Å². The van der Waals surface area contributed by atoms with Gasteiger partial charge >= 0.3 is 6.98 Å². The Morgan fingerprint density at radius 1 is 0.710 bits per heavy atom. The number of hydrogen-bond donors (Lipinski definition) is 0. The summed E-state index contributed by atoms with van der Waals surface area (Å²) in [5.74, 6) is 0.967. The van der Waals surface area contributed by atoms with Crippen molar-refractivity contribution in [3.8, 4) is 0 Å². The van der Waals surface area contributed by atoms with E-state index in [1.165, 1.54) is 22.5 Å². The Hall–Kier alpha value is -3.79. The van der Waals surface area contributed by atoms with Gasteiger partial charge in [-0.25, -0.2) is 4.98 Å². The third-order valence-corrected chi connectivity index (χ3v) is 6.12.